The monoisotopic (exact) mass is 492 g/mol. The van der Waals surface area contributed by atoms with Gasteiger partial charge in [-0.2, -0.15) is 0 Å². The molecule has 7 nitrogen and oxygen atoms in total. The summed E-state index contributed by atoms with van der Waals surface area (Å²) in [6.45, 7) is 11.6. The molecule has 1 aliphatic heterocycles. The number of carbonyl (C=O) groups is 1. The Hall–Kier alpha value is -2.74. The number of aryl methyl sites for hydroxylation is 3. The largest absolute Gasteiger partial charge is 0.383 e. The summed E-state index contributed by atoms with van der Waals surface area (Å²) in [4.78, 5) is 23.4. The number of benzene rings is 2. The first kappa shape index (κ1) is 26.3. The average Bonchev–Trinajstić information content (AvgIpc) is 3.23. The molecule has 0 bridgehead atoms. The minimum absolute atomic E-state index is 0.0566. The van der Waals surface area contributed by atoms with Crippen LogP contribution in [0.25, 0.3) is 11.0 Å². The maximum absolute atomic E-state index is 14.1. The van der Waals surface area contributed by atoms with Crippen LogP contribution in [0.15, 0.2) is 42.5 Å². The smallest absolute Gasteiger partial charge is 0.247 e. The highest BCUT2D eigenvalue weighted by molar-refractivity contribution is 5.96. The van der Waals surface area contributed by atoms with Crippen LogP contribution in [-0.2, 0) is 33.7 Å². The first-order chi connectivity index (χ1) is 17.5. The molecule has 1 unspecified atom stereocenters. The highest BCUT2D eigenvalue weighted by Crippen LogP contribution is 2.29. The number of rotatable bonds is 11. The molecule has 0 radical (unpaired) electrons. The number of imidazole rings is 1. The van der Waals surface area contributed by atoms with Gasteiger partial charge in [0.1, 0.15) is 12.4 Å². The van der Waals surface area contributed by atoms with Crippen molar-refractivity contribution in [2.24, 2.45) is 0 Å². The summed E-state index contributed by atoms with van der Waals surface area (Å²) in [5.41, 5.74) is 5.23. The number of ether oxygens (including phenoxy) is 2. The fourth-order valence-electron chi connectivity index (χ4n) is 5.25. The molecule has 1 aromatic heterocycles. The van der Waals surface area contributed by atoms with Crippen molar-refractivity contribution < 1.29 is 14.3 Å². The van der Waals surface area contributed by atoms with Crippen LogP contribution in [0.5, 0.6) is 0 Å². The van der Waals surface area contributed by atoms with E-state index in [1.807, 2.05) is 23.1 Å². The summed E-state index contributed by atoms with van der Waals surface area (Å²) in [5, 5.41) is 0. The predicted octanol–water partition coefficient (Wildman–Crippen LogP) is 4.24. The van der Waals surface area contributed by atoms with E-state index in [0.717, 1.165) is 80.2 Å². The molecule has 36 heavy (non-hydrogen) atoms. The third-order valence-corrected chi connectivity index (χ3v) is 7.07. The molecule has 0 N–H and O–H groups in total. The molecular weight excluding hydrogens is 452 g/mol. The topological polar surface area (TPSA) is 59.8 Å². The Balaban J connectivity index is 1.62. The standard InChI is InChI=1S/C29H40N4O3/c1-5-24-11-8-10-22(2)29(24)33(23(3)21-35-4)28(34)20-32-26-13-7-6-12-25(26)30-27(32)14-9-15-31-16-18-36-19-17-31/h6-8,10-13,23H,5,9,14-21H2,1-4H3. The number of para-hydroxylation sites is 3. The molecule has 0 aliphatic carbocycles. The molecule has 1 amide bonds. The van der Waals surface area contributed by atoms with Gasteiger partial charge in [-0.1, -0.05) is 37.3 Å². The summed E-state index contributed by atoms with van der Waals surface area (Å²) < 4.78 is 13.1. The minimum atomic E-state index is -0.0894. The van der Waals surface area contributed by atoms with Crippen molar-refractivity contribution in [2.45, 2.75) is 52.6 Å². The number of fused-ring (bicyclic) bond motifs is 1. The second kappa shape index (κ2) is 12.5. The molecular formula is C29H40N4O3. The van der Waals surface area contributed by atoms with Crippen molar-refractivity contribution in [1.29, 1.82) is 0 Å². The Labute approximate surface area is 215 Å². The number of hydrogen-bond donors (Lipinski definition) is 0. The lowest BCUT2D eigenvalue weighted by atomic mass is 10.0. The molecule has 0 spiro atoms. The fraction of sp³-hybridized carbons (Fsp3) is 0.517. The lowest BCUT2D eigenvalue weighted by Crippen LogP contribution is -2.44. The summed E-state index contributed by atoms with van der Waals surface area (Å²) in [6.07, 6.45) is 2.69. The number of anilines is 1. The Morgan fingerprint density at radius 1 is 1.17 bits per heavy atom. The van der Waals surface area contributed by atoms with Gasteiger partial charge in [0.05, 0.1) is 42.6 Å². The first-order valence-electron chi connectivity index (χ1n) is 13.2. The van der Waals surface area contributed by atoms with E-state index in [0.29, 0.717) is 6.61 Å². The number of methoxy groups -OCH3 is 1. The van der Waals surface area contributed by atoms with Crippen molar-refractivity contribution >= 4 is 22.6 Å². The zero-order chi connectivity index (χ0) is 25.5. The summed E-state index contributed by atoms with van der Waals surface area (Å²) in [5.74, 6) is 1.03. The number of amides is 1. The third kappa shape index (κ3) is 5.97. The Morgan fingerprint density at radius 2 is 1.94 bits per heavy atom. The van der Waals surface area contributed by atoms with Gasteiger partial charge in [-0.3, -0.25) is 9.69 Å². The zero-order valence-electron chi connectivity index (χ0n) is 22.2. The molecule has 2 heterocycles. The maximum Gasteiger partial charge on any atom is 0.247 e. The van der Waals surface area contributed by atoms with Crippen molar-refractivity contribution in [3.8, 4) is 0 Å². The average molecular weight is 493 g/mol. The van der Waals surface area contributed by atoms with Crippen molar-refractivity contribution in [1.82, 2.24) is 14.5 Å². The molecule has 1 atom stereocenters. The predicted molar refractivity (Wildman–Crippen MR) is 145 cm³/mol. The lowest BCUT2D eigenvalue weighted by molar-refractivity contribution is -0.119. The van der Waals surface area contributed by atoms with Crippen LogP contribution in [0.4, 0.5) is 5.69 Å². The van der Waals surface area contributed by atoms with Crippen LogP contribution in [0.1, 0.15) is 37.2 Å². The van der Waals surface area contributed by atoms with E-state index < -0.39 is 0 Å². The van der Waals surface area contributed by atoms with Gasteiger partial charge in [-0.25, -0.2) is 4.98 Å². The van der Waals surface area contributed by atoms with Crippen LogP contribution in [0.2, 0.25) is 0 Å². The van der Waals surface area contributed by atoms with Crippen LogP contribution in [-0.4, -0.2) is 73.0 Å². The maximum atomic E-state index is 14.1. The highest BCUT2D eigenvalue weighted by Gasteiger charge is 2.27. The number of nitrogens with zero attached hydrogens (tertiary/aromatic N) is 4. The van der Waals surface area contributed by atoms with E-state index in [2.05, 4.69) is 54.5 Å². The van der Waals surface area contributed by atoms with Crippen LogP contribution in [0.3, 0.4) is 0 Å². The van der Waals surface area contributed by atoms with E-state index in [1.165, 1.54) is 5.56 Å². The minimum Gasteiger partial charge on any atom is -0.383 e. The van der Waals surface area contributed by atoms with E-state index in [4.69, 9.17) is 14.5 Å². The lowest BCUT2D eigenvalue weighted by Gasteiger charge is -2.32. The van der Waals surface area contributed by atoms with E-state index in [1.54, 1.807) is 7.11 Å². The quantitative estimate of drug-likeness (QED) is 0.401. The third-order valence-electron chi connectivity index (χ3n) is 7.07. The van der Waals surface area contributed by atoms with Gasteiger partial charge >= 0.3 is 0 Å². The fourth-order valence-corrected chi connectivity index (χ4v) is 5.25. The number of hydrogen-bond acceptors (Lipinski definition) is 5. The van der Waals surface area contributed by atoms with Gasteiger partial charge < -0.3 is 18.9 Å². The van der Waals surface area contributed by atoms with Crippen molar-refractivity contribution in [3.05, 3.63) is 59.4 Å². The van der Waals surface area contributed by atoms with Gasteiger partial charge in [-0.05, 0) is 56.5 Å². The Kier molecular flexibility index (Phi) is 9.13. The van der Waals surface area contributed by atoms with E-state index in [-0.39, 0.29) is 18.5 Å². The molecule has 3 aromatic rings. The van der Waals surface area contributed by atoms with Crippen LogP contribution < -0.4 is 4.90 Å². The van der Waals surface area contributed by atoms with E-state index in [9.17, 15) is 4.79 Å². The number of carbonyl (C=O) groups excluding carboxylic acids is 1. The van der Waals surface area contributed by atoms with Gasteiger partial charge in [0, 0.05) is 26.6 Å². The normalized spacial score (nSPS) is 15.3. The van der Waals surface area contributed by atoms with Crippen LogP contribution >= 0.6 is 0 Å². The summed E-state index contributed by atoms with van der Waals surface area (Å²) in [7, 11) is 1.69. The van der Waals surface area contributed by atoms with Gasteiger partial charge in [-0.15, -0.1) is 0 Å². The number of aromatic nitrogens is 2. The van der Waals surface area contributed by atoms with Gasteiger partial charge in [0.25, 0.3) is 0 Å². The molecule has 2 aromatic carbocycles. The molecule has 4 rings (SSSR count). The molecule has 0 saturated carbocycles. The van der Waals surface area contributed by atoms with Gasteiger partial charge in [0.2, 0.25) is 5.91 Å². The Morgan fingerprint density at radius 3 is 2.69 bits per heavy atom. The van der Waals surface area contributed by atoms with Crippen molar-refractivity contribution in [2.75, 3.05) is 51.5 Å². The SMILES string of the molecule is CCc1cccc(C)c1N(C(=O)Cn1c(CCCN2CCOCC2)nc2ccccc21)C(C)COC. The first-order valence-corrected chi connectivity index (χ1v) is 13.2. The van der Waals surface area contributed by atoms with Crippen LogP contribution in [0, 0.1) is 6.92 Å². The summed E-state index contributed by atoms with van der Waals surface area (Å²) in [6, 6.07) is 14.3. The second-order valence-electron chi connectivity index (χ2n) is 9.66. The molecule has 1 saturated heterocycles. The highest BCUT2D eigenvalue weighted by atomic mass is 16.5. The molecule has 194 valence electrons. The molecule has 1 fully saturated rings. The second-order valence-corrected chi connectivity index (χ2v) is 9.66. The Bertz CT molecular complexity index is 1150. The zero-order valence-corrected chi connectivity index (χ0v) is 22.2. The number of morpholine rings is 1. The summed E-state index contributed by atoms with van der Waals surface area (Å²) >= 11 is 0. The van der Waals surface area contributed by atoms with Gasteiger partial charge in [0.15, 0.2) is 0 Å². The molecule has 1 aliphatic rings. The van der Waals surface area contributed by atoms with E-state index >= 15 is 0 Å². The molecule has 7 heteroatoms. The van der Waals surface area contributed by atoms with Crippen molar-refractivity contribution in [3.63, 3.8) is 0 Å².